The summed E-state index contributed by atoms with van der Waals surface area (Å²) >= 11 is 0. The van der Waals surface area contributed by atoms with Crippen LogP contribution in [0.1, 0.15) is 33.1 Å². The molecule has 13 heavy (non-hydrogen) atoms. The topological polar surface area (TPSA) is 55.1 Å². The third kappa shape index (κ3) is 2.31. The molecule has 0 spiro atoms. The molecule has 1 aliphatic rings. The van der Waals surface area contributed by atoms with Gasteiger partial charge in [-0.15, -0.1) is 0 Å². The van der Waals surface area contributed by atoms with E-state index in [9.17, 15) is 4.79 Å². The Hall–Kier alpha value is -0.830. The molecule has 0 aromatic heterocycles. The normalized spacial score (nSPS) is 23.3. The quantitative estimate of drug-likeness (QED) is 0.682. The van der Waals surface area contributed by atoms with Crippen LogP contribution in [0.15, 0.2) is 11.1 Å². The van der Waals surface area contributed by atoms with Crippen molar-refractivity contribution < 1.29 is 4.79 Å². The highest BCUT2D eigenvalue weighted by Gasteiger charge is 2.22. The highest BCUT2D eigenvalue weighted by Crippen LogP contribution is 2.21. The molecule has 3 nitrogen and oxygen atoms in total. The molecule has 1 unspecified atom stereocenters. The molecule has 0 fully saturated rings. The van der Waals surface area contributed by atoms with E-state index in [1.165, 1.54) is 5.57 Å². The third-order valence-electron chi connectivity index (χ3n) is 2.39. The molecule has 3 N–H and O–H groups in total. The van der Waals surface area contributed by atoms with Crippen LogP contribution in [0.3, 0.4) is 0 Å². The lowest BCUT2D eigenvalue weighted by atomic mass is 9.93. The molecule has 1 heterocycles. The van der Waals surface area contributed by atoms with E-state index in [1.54, 1.807) is 0 Å². The van der Waals surface area contributed by atoms with Gasteiger partial charge in [0.1, 0.15) is 0 Å². The Morgan fingerprint density at radius 2 is 2.31 bits per heavy atom. The smallest absolute Gasteiger partial charge is 0.248 e. The monoisotopic (exact) mass is 182 g/mol. The lowest BCUT2D eigenvalue weighted by molar-refractivity contribution is -0.118. The van der Waals surface area contributed by atoms with Crippen LogP contribution in [0.5, 0.6) is 0 Å². The van der Waals surface area contributed by atoms with Crippen LogP contribution >= 0.6 is 0 Å². The van der Waals surface area contributed by atoms with Gasteiger partial charge in [0.15, 0.2) is 0 Å². The van der Waals surface area contributed by atoms with Crippen LogP contribution in [0.4, 0.5) is 0 Å². The number of carbonyl (C=O) groups is 1. The summed E-state index contributed by atoms with van der Waals surface area (Å²) in [6.45, 7) is 4.52. The minimum Gasteiger partial charge on any atom is -0.350 e. The molecule has 0 aromatic rings. The number of rotatable bonds is 3. The average Bonchev–Trinajstić information content (AvgIpc) is 2.04. The molecule has 0 aliphatic carbocycles. The molecular weight excluding hydrogens is 164 g/mol. The number of hydrogen-bond donors (Lipinski definition) is 2. The first-order chi connectivity index (χ1) is 6.19. The lowest BCUT2D eigenvalue weighted by Crippen LogP contribution is -2.40. The Morgan fingerprint density at radius 3 is 2.85 bits per heavy atom. The Balaban J connectivity index is 2.85. The summed E-state index contributed by atoms with van der Waals surface area (Å²) in [5.41, 5.74) is 7.60. The molecule has 0 bridgehead atoms. The summed E-state index contributed by atoms with van der Waals surface area (Å²) in [4.78, 5) is 11.5. The van der Waals surface area contributed by atoms with E-state index >= 15 is 0 Å². The number of hydrogen-bond acceptors (Lipinski definition) is 2. The summed E-state index contributed by atoms with van der Waals surface area (Å²) in [5, 5.41) is 2.89. The number of nitrogens with two attached hydrogens (primary N) is 1. The minimum atomic E-state index is 0.0321. The Kier molecular flexibility index (Phi) is 3.48. The second-order valence-electron chi connectivity index (χ2n) is 3.61. The standard InChI is InChI=1S/C10H18N2O/c1-3-4-8-5-7(2)12-10(13)9(8)6-11/h7H,3-6,11H2,1-2H3,(H,12,13). The van der Waals surface area contributed by atoms with Gasteiger partial charge in [-0.2, -0.15) is 0 Å². The van der Waals surface area contributed by atoms with Crippen LogP contribution in [0, 0.1) is 0 Å². The second kappa shape index (κ2) is 4.42. The molecule has 74 valence electrons. The average molecular weight is 182 g/mol. The van der Waals surface area contributed by atoms with Crippen LogP contribution < -0.4 is 11.1 Å². The van der Waals surface area contributed by atoms with Gasteiger partial charge < -0.3 is 11.1 Å². The first-order valence-electron chi connectivity index (χ1n) is 4.90. The van der Waals surface area contributed by atoms with Crippen LogP contribution in [-0.2, 0) is 4.79 Å². The van der Waals surface area contributed by atoms with Crippen LogP contribution in [-0.4, -0.2) is 18.5 Å². The van der Waals surface area contributed by atoms with Gasteiger partial charge in [-0.1, -0.05) is 18.9 Å². The first-order valence-corrected chi connectivity index (χ1v) is 4.90. The van der Waals surface area contributed by atoms with Gasteiger partial charge in [0.2, 0.25) is 5.91 Å². The second-order valence-corrected chi connectivity index (χ2v) is 3.61. The highest BCUT2D eigenvalue weighted by molar-refractivity contribution is 5.95. The van der Waals surface area contributed by atoms with E-state index in [0.717, 1.165) is 24.8 Å². The Bertz CT molecular complexity index is 233. The first kappa shape index (κ1) is 10.3. The predicted octanol–water partition coefficient (Wildman–Crippen LogP) is 0.950. The Morgan fingerprint density at radius 1 is 1.62 bits per heavy atom. The van der Waals surface area contributed by atoms with Crippen molar-refractivity contribution in [1.82, 2.24) is 5.32 Å². The maximum Gasteiger partial charge on any atom is 0.248 e. The van der Waals surface area contributed by atoms with Crippen molar-refractivity contribution in [3.05, 3.63) is 11.1 Å². The molecule has 1 rings (SSSR count). The van der Waals surface area contributed by atoms with Gasteiger partial charge in [0, 0.05) is 18.2 Å². The van der Waals surface area contributed by atoms with Gasteiger partial charge >= 0.3 is 0 Å². The SMILES string of the molecule is CCCC1=C(CN)C(=O)NC(C)C1. The number of nitrogens with one attached hydrogen (secondary N) is 1. The fourth-order valence-electron chi connectivity index (χ4n) is 1.81. The van der Waals surface area contributed by atoms with Crippen molar-refractivity contribution in [1.29, 1.82) is 0 Å². The van der Waals surface area contributed by atoms with Gasteiger partial charge in [0.25, 0.3) is 0 Å². The van der Waals surface area contributed by atoms with Crippen molar-refractivity contribution in [2.75, 3.05) is 6.54 Å². The molecule has 1 amide bonds. The lowest BCUT2D eigenvalue weighted by Gasteiger charge is -2.24. The van der Waals surface area contributed by atoms with Gasteiger partial charge in [-0.25, -0.2) is 0 Å². The van der Waals surface area contributed by atoms with Crippen molar-refractivity contribution in [3.63, 3.8) is 0 Å². The molecule has 0 saturated carbocycles. The molecule has 3 heteroatoms. The minimum absolute atomic E-state index is 0.0321. The molecule has 1 atom stereocenters. The molecular formula is C10H18N2O. The maximum atomic E-state index is 11.5. The van der Waals surface area contributed by atoms with Crippen molar-refractivity contribution >= 4 is 5.91 Å². The van der Waals surface area contributed by atoms with Crippen molar-refractivity contribution in [2.24, 2.45) is 5.73 Å². The molecule has 0 radical (unpaired) electrons. The molecule has 0 saturated heterocycles. The van der Waals surface area contributed by atoms with E-state index in [1.807, 2.05) is 6.92 Å². The fourth-order valence-corrected chi connectivity index (χ4v) is 1.81. The number of amides is 1. The van der Waals surface area contributed by atoms with Crippen molar-refractivity contribution in [2.45, 2.75) is 39.2 Å². The largest absolute Gasteiger partial charge is 0.350 e. The fraction of sp³-hybridized carbons (Fsp3) is 0.700. The Labute approximate surface area is 79.4 Å². The predicted molar refractivity (Wildman–Crippen MR) is 53.2 cm³/mol. The van der Waals surface area contributed by atoms with E-state index in [4.69, 9.17) is 5.73 Å². The summed E-state index contributed by atoms with van der Waals surface area (Å²) in [5.74, 6) is 0.0321. The zero-order chi connectivity index (χ0) is 9.84. The summed E-state index contributed by atoms with van der Waals surface area (Å²) < 4.78 is 0. The van der Waals surface area contributed by atoms with Gasteiger partial charge in [-0.3, -0.25) is 4.79 Å². The van der Waals surface area contributed by atoms with E-state index < -0.39 is 0 Å². The van der Waals surface area contributed by atoms with Crippen molar-refractivity contribution in [3.8, 4) is 0 Å². The van der Waals surface area contributed by atoms with E-state index in [-0.39, 0.29) is 11.9 Å². The van der Waals surface area contributed by atoms with E-state index in [0.29, 0.717) is 6.54 Å². The molecule has 0 aromatic carbocycles. The van der Waals surface area contributed by atoms with Gasteiger partial charge in [-0.05, 0) is 19.8 Å². The van der Waals surface area contributed by atoms with Gasteiger partial charge in [0.05, 0.1) is 0 Å². The van der Waals surface area contributed by atoms with Crippen LogP contribution in [0.2, 0.25) is 0 Å². The summed E-state index contributed by atoms with van der Waals surface area (Å²) in [6.07, 6.45) is 3.05. The maximum absolute atomic E-state index is 11.5. The number of carbonyl (C=O) groups excluding carboxylic acids is 1. The van der Waals surface area contributed by atoms with Crippen LogP contribution in [0.25, 0.3) is 0 Å². The molecule has 1 aliphatic heterocycles. The summed E-state index contributed by atoms with van der Waals surface area (Å²) in [6, 6.07) is 0.268. The zero-order valence-corrected chi connectivity index (χ0v) is 8.39. The third-order valence-corrected chi connectivity index (χ3v) is 2.39. The summed E-state index contributed by atoms with van der Waals surface area (Å²) in [7, 11) is 0. The zero-order valence-electron chi connectivity index (χ0n) is 8.39. The highest BCUT2D eigenvalue weighted by atomic mass is 16.1. The van der Waals surface area contributed by atoms with E-state index in [2.05, 4.69) is 12.2 Å².